The highest BCUT2D eigenvalue weighted by molar-refractivity contribution is 5.71. The average molecular weight is 219 g/mol. The molecule has 16 heavy (non-hydrogen) atoms. The van der Waals surface area contributed by atoms with Crippen molar-refractivity contribution in [1.29, 1.82) is 0 Å². The molecule has 1 aliphatic rings. The molecule has 0 fully saturated rings. The lowest BCUT2D eigenvalue weighted by molar-refractivity contribution is -0.0979. The summed E-state index contributed by atoms with van der Waals surface area (Å²) in [5.74, 6) is 0. The maximum Gasteiger partial charge on any atom is 0.106 e. The third kappa shape index (κ3) is 3.89. The van der Waals surface area contributed by atoms with Gasteiger partial charge in [0.25, 0.3) is 0 Å². The first-order valence-electron chi connectivity index (χ1n) is 5.71. The Bertz CT molecular complexity index is 331. The highest BCUT2D eigenvalue weighted by atomic mass is 16.1. The van der Waals surface area contributed by atoms with Crippen LogP contribution in [0.15, 0.2) is 29.8 Å². The predicted octanol–water partition coefficient (Wildman–Crippen LogP) is 3.75. The zero-order chi connectivity index (χ0) is 12.4. The summed E-state index contributed by atoms with van der Waals surface area (Å²) >= 11 is 0. The molecule has 2 heteroatoms. The van der Waals surface area contributed by atoms with Crippen molar-refractivity contribution in [3.05, 3.63) is 35.4 Å². The molecule has 1 aliphatic heterocycles. The van der Waals surface area contributed by atoms with Gasteiger partial charge in [0.15, 0.2) is 0 Å². The van der Waals surface area contributed by atoms with E-state index in [-0.39, 0.29) is 0 Å². The second-order valence-corrected chi connectivity index (χ2v) is 3.10. The van der Waals surface area contributed by atoms with Crippen LogP contribution in [0.2, 0.25) is 0 Å². The van der Waals surface area contributed by atoms with Crippen LogP contribution in [0.3, 0.4) is 0 Å². The molecule has 2 rings (SSSR count). The molecule has 1 aromatic carbocycles. The third-order valence-corrected chi connectivity index (χ3v) is 2.28. The molecule has 0 saturated carbocycles. The van der Waals surface area contributed by atoms with Gasteiger partial charge < -0.3 is 10.1 Å². The molecule has 1 heterocycles. The highest BCUT2D eigenvalue weighted by Gasteiger charge is 2.05. The third-order valence-electron chi connectivity index (χ3n) is 2.28. The Hall–Kier alpha value is -1.57. The van der Waals surface area contributed by atoms with E-state index in [4.69, 9.17) is 4.79 Å². The van der Waals surface area contributed by atoms with E-state index in [1.807, 2.05) is 20.6 Å². The van der Waals surface area contributed by atoms with Crippen molar-refractivity contribution in [2.45, 2.75) is 27.2 Å². The number of anilines is 1. The first kappa shape index (κ1) is 14.4. The standard InChI is InChI=1S/C11H13N.C2H6.CH2O/c1-2-9-7-10-5-3-4-6-11(10)12-8-9;2*1-2/h3-7,12H,2,8H2,1H3;1-2H3;1H2. The number of carbonyl (C=O) groups is 1. The fourth-order valence-corrected chi connectivity index (χ4v) is 1.49. The monoisotopic (exact) mass is 219 g/mol. The summed E-state index contributed by atoms with van der Waals surface area (Å²) in [6.07, 6.45) is 3.42. The van der Waals surface area contributed by atoms with Crippen molar-refractivity contribution in [3.63, 3.8) is 0 Å². The number of hydrogen-bond donors (Lipinski definition) is 1. The quantitative estimate of drug-likeness (QED) is 0.779. The van der Waals surface area contributed by atoms with Gasteiger partial charge in [0, 0.05) is 12.2 Å². The molecule has 0 saturated heterocycles. The largest absolute Gasteiger partial charge is 0.381 e. The van der Waals surface area contributed by atoms with Gasteiger partial charge in [0.2, 0.25) is 0 Å². The number of hydrogen-bond acceptors (Lipinski definition) is 2. The van der Waals surface area contributed by atoms with Gasteiger partial charge >= 0.3 is 0 Å². The summed E-state index contributed by atoms with van der Waals surface area (Å²) in [5.41, 5.74) is 4.06. The van der Waals surface area contributed by atoms with Crippen LogP contribution in [0.4, 0.5) is 5.69 Å². The summed E-state index contributed by atoms with van der Waals surface area (Å²) < 4.78 is 0. The summed E-state index contributed by atoms with van der Waals surface area (Å²) in [4.78, 5) is 8.00. The van der Waals surface area contributed by atoms with Crippen molar-refractivity contribution < 1.29 is 4.79 Å². The minimum atomic E-state index is 1.01. The summed E-state index contributed by atoms with van der Waals surface area (Å²) in [5, 5.41) is 3.40. The molecular weight excluding hydrogens is 198 g/mol. The Balaban J connectivity index is 0.000000509. The zero-order valence-electron chi connectivity index (χ0n) is 10.4. The molecule has 0 unspecified atom stereocenters. The minimum Gasteiger partial charge on any atom is -0.381 e. The highest BCUT2D eigenvalue weighted by Crippen LogP contribution is 2.23. The summed E-state index contributed by atoms with van der Waals surface area (Å²) in [7, 11) is 0. The molecule has 0 radical (unpaired) electrons. The Kier molecular flexibility index (Phi) is 7.86. The van der Waals surface area contributed by atoms with Gasteiger partial charge in [-0.3, -0.25) is 0 Å². The van der Waals surface area contributed by atoms with E-state index in [1.54, 1.807) is 0 Å². The van der Waals surface area contributed by atoms with Crippen molar-refractivity contribution >= 4 is 18.6 Å². The lowest BCUT2D eigenvalue weighted by Gasteiger charge is -2.17. The van der Waals surface area contributed by atoms with E-state index in [0.717, 1.165) is 13.0 Å². The van der Waals surface area contributed by atoms with E-state index >= 15 is 0 Å². The van der Waals surface area contributed by atoms with E-state index < -0.39 is 0 Å². The first-order valence-corrected chi connectivity index (χ1v) is 5.71. The molecule has 2 nitrogen and oxygen atoms in total. The fraction of sp³-hybridized carbons (Fsp3) is 0.357. The molecule has 0 bridgehead atoms. The maximum absolute atomic E-state index is 8.00. The van der Waals surface area contributed by atoms with Crippen LogP contribution in [-0.4, -0.2) is 13.3 Å². The van der Waals surface area contributed by atoms with Gasteiger partial charge in [-0.2, -0.15) is 0 Å². The number of para-hydroxylation sites is 1. The molecular formula is C14H21NO. The van der Waals surface area contributed by atoms with E-state index in [1.165, 1.54) is 16.8 Å². The second-order valence-electron chi connectivity index (χ2n) is 3.10. The number of benzene rings is 1. The summed E-state index contributed by atoms with van der Waals surface area (Å²) in [6, 6.07) is 8.42. The van der Waals surface area contributed by atoms with E-state index in [2.05, 4.69) is 42.6 Å². The molecule has 1 aromatic rings. The van der Waals surface area contributed by atoms with Crippen LogP contribution in [-0.2, 0) is 4.79 Å². The topological polar surface area (TPSA) is 29.1 Å². The normalized spacial score (nSPS) is 11.6. The molecule has 0 aliphatic carbocycles. The van der Waals surface area contributed by atoms with Crippen LogP contribution in [0, 0.1) is 0 Å². The maximum atomic E-state index is 8.00. The first-order chi connectivity index (χ1) is 7.90. The second kappa shape index (κ2) is 8.72. The Morgan fingerprint density at radius 2 is 1.88 bits per heavy atom. The van der Waals surface area contributed by atoms with Crippen LogP contribution in [0.25, 0.3) is 6.08 Å². The molecule has 0 aromatic heterocycles. The SMILES string of the molecule is C=O.CC.CCC1=Cc2ccccc2NC1. The van der Waals surface area contributed by atoms with Gasteiger partial charge in [-0.05, 0) is 18.1 Å². The average Bonchev–Trinajstić information content (AvgIpc) is 2.42. The van der Waals surface area contributed by atoms with Crippen LogP contribution >= 0.6 is 0 Å². The van der Waals surface area contributed by atoms with Gasteiger partial charge in [-0.15, -0.1) is 0 Å². The van der Waals surface area contributed by atoms with E-state index in [9.17, 15) is 0 Å². The van der Waals surface area contributed by atoms with Crippen molar-refractivity contribution in [3.8, 4) is 0 Å². The van der Waals surface area contributed by atoms with Crippen LogP contribution < -0.4 is 5.32 Å². The lowest BCUT2D eigenvalue weighted by Crippen LogP contribution is -2.09. The number of fused-ring (bicyclic) bond motifs is 1. The lowest BCUT2D eigenvalue weighted by atomic mass is 10.0. The molecule has 0 spiro atoms. The Morgan fingerprint density at radius 1 is 1.25 bits per heavy atom. The van der Waals surface area contributed by atoms with Crippen molar-refractivity contribution in [2.24, 2.45) is 0 Å². The van der Waals surface area contributed by atoms with Crippen LogP contribution in [0.5, 0.6) is 0 Å². The zero-order valence-corrected chi connectivity index (χ0v) is 10.4. The van der Waals surface area contributed by atoms with Gasteiger partial charge in [-0.25, -0.2) is 0 Å². The molecule has 0 atom stereocenters. The number of nitrogens with one attached hydrogen (secondary N) is 1. The van der Waals surface area contributed by atoms with Gasteiger partial charge in [-0.1, -0.05) is 50.6 Å². The molecule has 0 amide bonds. The molecule has 1 N–H and O–H groups in total. The Labute approximate surface area is 98.4 Å². The van der Waals surface area contributed by atoms with Gasteiger partial charge in [0.05, 0.1) is 0 Å². The van der Waals surface area contributed by atoms with Gasteiger partial charge in [0.1, 0.15) is 6.79 Å². The molecule has 88 valence electrons. The minimum absolute atomic E-state index is 1.01. The van der Waals surface area contributed by atoms with E-state index in [0.29, 0.717) is 0 Å². The van der Waals surface area contributed by atoms with Crippen molar-refractivity contribution in [1.82, 2.24) is 0 Å². The predicted molar refractivity (Wildman–Crippen MR) is 71.7 cm³/mol. The van der Waals surface area contributed by atoms with Crippen LogP contribution in [0.1, 0.15) is 32.8 Å². The van der Waals surface area contributed by atoms with Crippen molar-refractivity contribution in [2.75, 3.05) is 11.9 Å². The number of rotatable bonds is 1. The smallest absolute Gasteiger partial charge is 0.106 e. The summed E-state index contributed by atoms with van der Waals surface area (Å²) in [6.45, 7) is 9.20. The fourth-order valence-electron chi connectivity index (χ4n) is 1.49. The number of carbonyl (C=O) groups excluding carboxylic acids is 1. The Morgan fingerprint density at radius 3 is 2.50 bits per heavy atom.